The molecule has 4 heteroatoms. The molecule has 0 saturated carbocycles. The van der Waals surface area contributed by atoms with E-state index >= 15 is 0 Å². The van der Waals surface area contributed by atoms with Gasteiger partial charge in [-0.3, -0.25) is 4.79 Å². The van der Waals surface area contributed by atoms with Crippen LogP contribution in [0.3, 0.4) is 0 Å². The van der Waals surface area contributed by atoms with Gasteiger partial charge in [-0.2, -0.15) is 0 Å². The van der Waals surface area contributed by atoms with E-state index in [4.69, 9.17) is 0 Å². The molecule has 0 aliphatic rings. The largest absolute Gasteiger partial charge is 0.312 e. The van der Waals surface area contributed by atoms with Gasteiger partial charge in [-0.15, -0.1) is 0 Å². The number of benzene rings is 1. The number of rotatable bonds is 6. The van der Waals surface area contributed by atoms with Crippen molar-refractivity contribution in [1.82, 2.24) is 5.32 Å². The molecule has 1 N–H and O–H groups in total. The molecule has 0 aliphatic carbocycles. The minimum atomic E-state index is -0.292. The summed E-state index contributed by atoms with van der Waals surface area (Å²) >= 11 is 0. The molecule has 0 aliphatic heterocycles. The van der Waals surface area contributed by atoms with Gasteiger partial charge in [0, 0.05) is 18.3 Å². The topological polar surface area (TPSA) is 32.3 Å². The highest BCUT2D eigenvalue weighted by molar-refractivity contribution is 5.94. The number of hydrogen-bond acceptors (Lipinski definition) is 2. The number of carbonyl (C=O) groups is 1. The minimum Gasteiger partial charge on any atom is -0.312 e. The van der Waals surface area contributed by atoms with Gasteiger partial charge in [0.2, 0.25) is 5.91 Å². The number of carbonyl (C=O) groups excluding carboxylic acids is 1. The van der Waals surface area contributed by atoms with Crippen molar-refractivity contribution < 1.29 is 9.18 Å². The van der Waals surface area contributed by atoms with Gasteiger partial charge in [-0.05, 0) is 44.5 Å². The predicted molar refractivity (Wildman–Crippen MR) is 72.2 cm³/mol. The Bertz CT molecular complexity index is 378. The maximum atomic E-state index is 12.8. The molecule has 100 valence electrons. The molecular weight excluding hydrogens is 231 g/mol. The number of anilines is 1. The van der Waals surface area contributed by atoms with Gasteiger partial charge in [0.05, 0.1) is 6.54 Å². The van der Waals surface area contributed by atoms with Gasteiger partial charge in [0.15, 0.2) is 0 Å². The lowest BCUT2D eigenvalue weighted by Gasteiger charge is -2.22. The van der Waals surface area contributed by atoms with Crippen LogP contribution in [0.5, 0.6) is 0 Å². The average molecular weight is 252 g/mol. The van der Waals surface area contributed by atoms with Crippen LogP contribution in [-0.4, -0.2) is 25.0 Å². The second-order valence-corrected chi connectivity index (χ2v) is 4.30. The van der Waals surface area contributed by atoms with Gasteiger partial charge < -0.3 is 10.2 Å². The summed E-state index contributed by atoms with van der Waals surface area (Å²) < 4.78 is 12.8. The molecule has 1 amide bonds. The lowest BCUT2D eigenvalue weighted by atomic mass is 10.2. The molecule has 0 aromatic heterocycles. The number of amides is 1. The Labute approximate surface area is 108 Å². The standard InChI is InChI=1S/C14H21FN2O/c1-4-11(3)16-10-14(18)17(5-2)13-8-6-12(15)7-9-13/h6-9,11,16H,4-5,10H2,1-3H3. The van der Waals surface area contributed by atoms with Crippen LogP contribution in [0.15, 0.2) is 24.3 Å². The lowest BCUT2D eigenvalue weighted by molar-refractivity contribution is -0.117. The summed E-state index contributed by atoms with van der Waals surface area (Å²) in [6, 6.07) is 6.31. The molecule has 0 heterocycles. The normalized spacial score (nSPS) is 12.2. The van der Waals surface area contributed by atoms with E-state index < -0.39 is 0 Å². The van der Waals surface area contributed by atoms with Crippen LogP contribution in [-0.2, 0) is 4.79 Å². The third kappa shape index (κ3) is 4.11. The molecule has 18 heavy (non-hydrogen) atoms. The third-order valence-corrected chi connectivity index (χ3v) is 2.97. The molecule has 0 radical (unpaired) electrons. The fraction of sp³-hybridized carbons (Fsp3) is 0.500. The molecule has 3 nitrogen and oxygen atoms in total. The van der Waals surface area contributed by atoms with Gasteiger partial charge in [-0.1, -0.05) is 6.92 Å². The molecule has 0 spiro atoms. The fourth-order valence-electron chi connectivity index (χ4n) is 1.63. The fourth-order valence-corrected chi connectivity index (χ4v) is 1.63. The first kappa shape index (κ1) is 14.6. The smallest absolute Gasteiger partial charge is 0.240 e. The van der Waals surface area contributed by atoms with Crippen LogP contribution < -0.4 is 10.2 Å². The SMILES string of the molecule is CCC(C)NCC(=O)N(CC)c1ccc(F)cc1. The van der Waals surface area contributed by atoms with E-state index in [1.165, 1.54) is 12.1 Å². The average Bonchev–Trinajstić information content (AvgIpc) is 2.39. The van der Waals surface area contributed by atoms with Crippen molar-refractivity contribution in [3.8, 4) is 0 Å². The molecule has 1 aromatic carbocycles. The summed E-state index contributed by atoms with van der Waals surface area (Å²) in [7, 11) is 0. The monoisotopic (exact) mass is 252 g/mol. The molecule has 0 saturated heterocycles. The van der Waals surface area contributed by atoms with Gasteiger partial charge >= 0.3 is 0 Å². The second kappa shape index (κ2) is 7.11. The Balaban J connectivity index is 2.65. The highest BCUT2D eigenvalue weighted by Gasteiger charge is 2.14. The van der Waals surface area contributed by atoms with Crippen LogP contribution in [0.25, 0.3) is 0 Å². The van der Waals surface area contributed by atoms with Crippen LogP contribution in [0.2, 0.25) is 0 Å². The van der Waals surface area contributed by atoms with Gasteiger partial charge in [0.1, 0.15) is 5.82 Å². The summed E-state index contributed by atoms with van der Waals surface area (Å²) in [6.45, 7) is 6.90. The first-order chi connectivity index (χ1) is 8.58. The van der Waals surface area contributed by atoms with Crippen molar-refractivity contribution in [3.63, 3.8) is 0 Å². The van der Waals surface area contributed by atoms with E-state index in [9.17, 15) is 9.18 Å². The Morgan fingerprint density at radius 2 is 1.94 bits per heavy atom. The summed E-state index contributed by atoms with van der Waals surface area (Å²) in [5.41, 5.74) is 0.731. The van der Waals surface area contributed by atoms with Gasteiger partial charge in [-0.25, -0.2) is 4.39 Å². The number of nitrogens with one attached hydrogen (secondary N) is 1. The molecule has 0 bridgehead atoms. The van der Waals surface area contributed by atoms with Crippen molar-refractivity contribution in [2.45, 2.75) is 33.2 Å². The Morgan fingerprint density at radius 3 is 2.44 bits per heavy atom. The zero-order chi connectivity index (χ0) is 13.5. The zero-order valence-corrected chi connectivity index (χ0v) is 11.2. The van der Waals surface area contributed by atoms with Crippen molar-refractivity contribution in [3.05, 3.63) is 30.1 Å². The van der Waals surface area contributed by atoms with Gasteiger partial charge in [0.25, 0.3) is 0 Å². The van der Waals surface area contributed by atoms with E-state index in [0.717, 1.165) is 12.1 Å². The van der Waals surface area contributed by atoms with E-state index in [0.29, 0.717) is 19.1 Å². The summed E-state index contributed by atoms with van der Waals surface area (Å²) in [5.74, 6) is -0.288. The molecule has 1 unspecified atom stereocenters. The van der Waals surface area contributed by atoms with Crippen LogP contribution in [0.1, 0.15) is 27.2 Å². The van der Waals surface area contributed by atoms with E-state index in [1.54, 1.807) is 17.0 Å². The number of hydrogen-bond donors (Lipinski definition) is 1. The molecule has 0 fully saturated rings. The molecule has 1 aromatic rings. The van der Waals surface area contributed by atoms with Crippen molar-refractivity contribution in [2.24, 2.45) is 0 Å². The highest BCUT2D eigenvalue weighted by Crippen LogP contribution is 2.14. The minimum absolute atomic E-state index is 0.00408. The van der Waals surface area contributed by atoms with E-state index in [-0.39, 0.29) is 11.7 Å². The number of halogens is 1. The summed E-state index contributed by atoms with van der Waals surface area (Å²) in [5, 5.41) is 3.16. The van der Waals surface area contributed by atoms with Crippen LogP contribution in [0.4, 0.5) is 10.1 Å². The maximum absolute atomic E-state index is 12.8. The lowest BCUT2D eigenvalue weighted by Crippen LogP contribution is -2.40. The third-order valence-electron chi connectivity index (χ3n) is 2.97. The first-order valence-corrected chi connectivity index (χ1v) is 6.37. The number of nitrogens with zero attached hydrogens (tertiary/aromatic N) is 1. The zero-order valence-electron chi connectivity index (χ0n) is 11.2. The Kier molecular flexibility index (Phi) is 5.78. The summed E-state index contributed by atoms with van der Waals surface area (Å²) in [4.78, 5) is 13.7. The van der Waals surface area contributed by atoms with Crippen molar-refractivity contribution in [2.75, 3.05) is 18.0 Å². The molecular formula is C14H21FN2O. The number of likely N-dealkylation sites (N-methyl/N-ethyl adjacent to an activating group) is 1. The van der Waals surface area contributed by atoms with Crippen molar-refractivity contribution >= 4 is 11.6 Å². The molecule has 1 atom stereocenters. The van der Waals surface area contributed by atoms with E-state index in [1.807, 2.05) is 13.8 Å². The highest BCUT2D eigenvalue weighted by atomic mass is 19.1. The van der Waals surface area contributed by atoms with E-state index in [2.05, 4.69) is 12.2 Å². The summed E-state index contributed by atoms with van der Waals surface area (Å²) in [6.07, 6.45) is 0.982. The maximum Gasteiger partial charge on any atom is 0.240 e. The second-order valence-electron chi connectivity index (χ2n) is 4.30. The Hall–Kier alpha value is -1.42. The predicted octanol–water partition coefficient (Wildman–Crippen LogP) is 2.57. The molecule has 1 rings (SSSR count). The first-order valence-electron chi connectivity index (χ1n) is 6.37. The van der Waals surface area contributed by atoms with Crippen LogP contribution >= 0.6 is 0 Å². The van der Waals surface area contributed by atoms with Crippen LogP contribution in [0, 0.1) is 5.82 Å². The van der Waals surface area contributed by atoms with Crippen molar-refractivity contribution in [1.29, 1.82) is 0 Å². The quantitative estimate of drug-likeness (QED) is 0.844. The Morgan fingerprint density at radius 1 is 1.33 bits per heavy atom.